The molecule has 0 radical (unpaired) electrons. The molecule has 0 aliphatic rings. The van der Waals surface area contributed by atoms with Gasteiger partial charge in [-0.3, -0.25) is 10.2 Å². The van der Waals surface area contributed by atoms with E-state index in [0.717, 1.165) is 6.92 Å². The van der Waals surface area contributed by atoms with E-state index in [1.54, 1.807) is 43.3 Å². The van der Waals surface area contributed by atoms with Crippen LogP contribution >= 0.6 is 34.8 Å². The van der Waals surface area contributed by atoms with Gasteiger partial charge in [0.1, 0.15) is 6.10 Å². The van der Waals surface area contributed by atoms with Gasteiger partial charge in [-0.1, -0.05) is 53.5 Å². The molecular weight excluding hydrogens is 577 g/mol. The number of nitrogens with two attached hydrogens (primary N) is 1. The third-order valence-electron chi connectivity index (χ3n) is 5.80. The third kappa shape index (κ3) is 6.05. The standard InChI is InChI=1S/C24H26Cl3N5O7/c1-11-19(21(34)30-32(24(38,39)13(3)33)12(2)23(36,37)22(28)35)29-31(18-9-8-16(26)10-17(18)27)20(11)14-4-6-15(25)7-5-14/h4-10,13,22,33,35-39H,2,28H2,1,3H3,(H,30,34). The van der Waals surface area contributed by atoms with E-state index in [-0.39, 0.29) is 21.3 Å². The van der Waals surface area contributed by atoms with Crippen molar-refractivity contribution in [2.45, 2.75) is 37.9 Å². The fraction of sp³-hybridized carbons (Fsp3) is 0.250. The molecule has 1 amide bonds. The number of benzene rings is 2. The topological polar surface area (TPSA) is 198 Å². The van der Waals surface area contributed by atoms with Crippen LogP contribution in [-0.2, 0) is 0 Å². The maximum absolute atomic E-state index is 13.5. The second-order valence-corrected chi connectivity index (χ2v) is 9.87. The molecule has 0 saturated heterocycles. The molecule has 0 saturated carbocycles. The molecule has 2 atom stereocenters. The highest BCUT2D eigenvalue weighted by Gasteiger charge is 2.48. The number of nitrogens with zero attached hydrogens (tertiary/aromatic N) is 3. The zero-order chi connectivity index (χ0) is 29.4. The minimum absolute atomic E-state index is 0.0474. The Balaban J connectivity index is 2.18. The first kappa shape index (κ1) is 30.8. The zero-order valence-electron chi connectivity index (χ0n) is 20.5. The van der Waals surface area contributed by atoms with E-state index in [0.29, 0.717) is 27.0 Å². The van der Waals surface area contributed by atoms with Crippen molar-refractivity contribution in [1.82, 2.24) is 20.2 Å². The maximum atomic E-state index is 13.5. The number of rotatable bonds is 9. The average Bonchev–Trinajstić information content (AvgIpc) is 3.18. The normalized spacial score (nSPS) is 13.6. The summed E-state index contributed by atoms with van der Waals surface area (Å²) < 4.78 is 1.36. The first-order chi connectivity index (χ1) is 18.0. The Kier molecular flexibility index (Phi) is 8.99. The van der Waals surface area contributed by atoms with Crippen molar-refractivity contribution in [3.05, 3.63) is 81.1 Å². The predicted octanol–water partition coefficient (Wildman–Crippen LogP) is 1.25. The van der Waals surface area contributed by atoms with Crippen LogP contribution in [0.25, 0.3) is 16.9 Å². The number of hydrogen-bond donors (Lipinski definition) is 8. The molecule has 12 nitrogen and oxygen atoms in total. The van der Waals surface area contributed by atoms with Crippen LogP contribution in [0.2, 0.25) is 15.1 Å². The summed E-state index contributed by atoms with van der Waals surface area (Å²) in [5, 5.41) is 66.2. The monoisotopic (exact) mass is 601 g/mol. The predicted molar refractivity (Wildman–Crippen MR) is 143 cm³/mol. The summed E-state index contributed by atoms with van der Waals surface area (Å²) >= 11 is 18.5. The van der Waals surface area contributed by atoms with E-state index in [9.17, 15) is 35.4 Å². The summed E-state index contributed by atoms with van der Waals surface area (Å²) in [7, 11) is 0. The highest BCUT2D eigenvalue weighted by molar-refractivity contribution is 6.35. The lowest BCUT2D eigenvalue weighted by molar-refractivity contribution is -0.324. The summed E-state index contributed by atoms with van der Waals surface area (Å²) in [6, 6.07) is 11.2. The van der Waals surface area contributed by atoms with Crippen molar-refractivity contribution in [2.24, 2.45) is 5.73 Å². The summed E-state index contributed by atoms with van der Waals surface area (Å²) in [4.78, 5) is 13.5. The van der Waals surface area contributed by atoms with E-state index >= 15 is 0 Å². The highest BCUT2D eigenvalue weighted by atomic mass is 35.5. The lowest BCUT2D eigenvalue weighted by Crippen LogP contribution is -2.66. The summed E-state index contributed by atoms with van der Waals surface area (Å²) in [5.41, 5.74) is 7.43. The van der Waals surface area contributed by atoms with Crippen molar-refractivity contribution >= 4 is 40.7 Å². The van der Waals surface area contributed by atoms with Gasteiger partial charge in [-0.25, -0.2) is 9.69 Å². The number of aliphatic hydroxyl groups excluding tert-OH is 2. The molecule has 2 aromatic carbocycles. The van der Waals surface area contributed by atoms with E-state index in [1.807, 2.05) is 5.43 Å². The molecule has 0 aliphatic carbocycles. The molecule has 0 bridgehead atoms. The lowest BCUT2D eigenvalue weighted by Gasteiger charge is -2.42. The van der Waals surface area contributed by atoms with Gasteiger partial charge in [-0.05, 0) is 44.2 Å². The lowest BCUT2D eigenvalue weighted by atomic mass is 10.1. The van der Waals surface area contributed by atoms with Crippen LogP contribution < -0.4 is 11.2 Å². The summed E-state index contributed by atoms with van der Waals surface area (Å²) in [5.74, 6) is -7.82. The number of carbonyl (C=O) groups is 1. The van der Waals surface area contributed by atoms with Gasteiger partial charge in [0, 0.05) is 21.2 Å². The van der Waals surface area contributed by atoms with Crippen LogP contribution in [0.5, 0.6) is 0 Å². The smallest absolute Gasteiger partial charge is 0.291 e. The Hall–Kier alpha value is -2.75. The largest absolute Gasteiger partial charge is 0.386 e. The fourth-order valence-corrected chi connectivity index (χ4v) is 4.13. The zero-order valence-corrected chi connectivity index (χ0v) is 22.8. The van der Waals surface area contributed by atoms with Crippen molar-refractivity contribution in [3.63, 3.8) is 0 Å². The number of aliphatic hydroxyl groups is 6. The van der Waals surface area contributed by atoms with Gasteiger partial charge in [0.05, 0.1) is 22.1 Å². The number of hydrogen-bond acceptors (Lipinski definition) is 10. The number of nitrogens with one attached hydrogen (secondary N) is 1. The molecule has 1 heterocycles. The second kappa shape index (κ2) is 11.4. The first-order valence-corrected chi connectivity index (χ1v) is 12.3. The number of amides is 1. The molecule has 3 aromatic rings. The van der Waals surface area contributed by atoms with Crippen LogP contribution in [0.3, 0.4) is 0 Å². The maximum Gasteiger partial charge on any atom is 0.291 e. The van der Waals surface area contributed by atoms with Crippen molar-refractivity contribution < 1.29 is 35.4 Å². The van der Waals surface area contributed by atoms with E-state index in [2.05, 4.69) is 11.7 Å². The number of halogens is 3. The van der Waals surface area contributed by atoms with Gasteiger partial charge in [-0.2, -0.15) is 5.10 Å². The number of hydrazine groups is 1. The van der Waals surface area contributed by atoms with Crippen molar-refractivity contribution in [1.29, 1.82) is 0 Å². The van der Waals surface area contributed by atoms with Crippen LogP contribution in [0, 0.1) is 6.92 Å². The van der Waals surface area contributed by atoms with E-state index in [4.69, 9.17) is 40.5 Å². The van der Waals surface area contributed by atoms with Crippen molar-refractivity contribution in [3.8, 4) is 16.9 Å². The number of carbonyl (C=O) groups excluding carboxylic acids is 1. The minimum atomic E-state index is -3.36. The quantitative estimate of drug-likeness (QED) is 0.130. The summed E-state index contributed by atoms with van der Waals surface area (Å²) in [6.45, 7) is 5.77. The molecule has 3 rings (SSSR count). The fourth-order valence-electron chi connectivity index (χ4n) is 3.51. The molecule has 210 valence electrons. The third-order valence-corrected chi connectivity index (χ3v) is 6.59. The number of aromatic nitrogens is 2. The Morgan fingerprint density at radius 1 is 1.08 bits per heavy atom. The second-order valence-electron chi connectivity index (χ2n) is 8.59. The average molecular weight is 603 g/mol. The molecule has 2 unspecified atom stereocenters. The van der Waals surface area contributed by atoms with Crippen LogP contribution in [0.4, 0.5) is 0 Å². The molecule has 0 aliphatic heterocycles. The van der Waals surface area contributed by atoms with Gasteiger partial charge in [-0.15, -0.1) is 0 Å². The van der Waals surface area contributed by atoms with Gasteiger partial charge in [0.25, 0.3) is 11.8 Å². The molecule has 0 spiro atoms. The van der Waals surface area contributed by atoms with Crippen LogP contribution in [0.15, 0.2) is 54.7 Å². The van der Waals surface area contributed by atoms with E-state index in [1.165, 1.54) is 10.7 Å². The van der Waals surface area contributed by atoms with Gasteiger partial charge in [0.2, 0.25) is 5.79 Å². The molecule has 0 fully saturated rings. The Morgan fingerprint density at radius 3 is 2.15 bits per heavy atom. The molecule has 15 heteroatoms. The van der Waals surface area contributed by atoms with Gasteiger partial charge >= 0.3 is 0 Å². The Bertz CT molecular complexity index is 1390. The van der Waals surface area contributed by atoms with Crippen LogP contribution in [0.1, 0.15) is 23.0 Å². The highest BCUT2D eigenvalue weighted by Crippen LogP contribution is 2.33. The van der Waals surface area contributed by atoms with E-state index < -0.39 is 35.6 Å². The molecular formula is C24H26Cl3N5O7. The SMILES string of the molecule is C=C(N(NC(=O)c1nn(-c2ccc(Cl)cc2Cl)c(-c2ccc(Cl)cc2)c1C)C(O)(O)C(C)O)C(O)(O)C(N)O. The Morgan fingerprint density at radius 2 is 1.64 bits per heavy atom. The molecule has 9 N–H and O–H groups in total. The minimum Gasteiger partial charge on any atom is -0.386 e. The van der Waals surface area contributed by atoms with Gasteiger partial charge in [0.15, 0.2) is 11.9 Å². The van der Waals surface area contributed by atoms with Crippen LogP contribution in [-0.4, -0.2) is 75.4 Å². The Labute approximate surface area is 237 Å². The molecule has 39 heavy (non-hydrogen) atoms. The summed E-state index contributed by atoms with van der Waals surface area (Å²) in [6.07, 6.45) is -4.41. The van der Waals surface area contributed by atoms with Crippen molar-refractivity contribution in [2.75, 3.05) is 0 Å². The first-order valence-electron chi connectivity index (χ1n) is 11.1. The van der Waals surface area contributed by atoms with Gasteiger partial charge < -0.3 is 36.4 Å². The molecule has 1 aromatic heterocycles.